The lowest BCUT2D eigenvalue weighted by atomic mass is 9.88. The second kappa shape index (κ2) is 4.78. The van der Waals surface area contributed by atoms with Crippen molar-refractivity contribution in [1.82, 2.24) is 0 Å². The van der Waals surface area contributed by atoms with Crippen molar-refractivity contribution in [1.29, 1.82) is 0 Å². The van der Waals surface area contributed by atoms with Gasteiger partial charge in [-0.05, 0) is 41.9 Å². The van der Waals surface area contributed by atoms with Gasteiger partial charge >= 0.3 is 0 Å². The van der Waals surface area contributed by atoms with Gasteiger partial charge in [-0.25, -0.2) is 4.39 Å². The fourth-order valence-corrected chi connectivity index (χ4v) is 1.52. The molecule has 0 amide bonds. The van der Waals surface area contributed by atoms with Gasteiger partial charge < -0.3 is 0 Å². The van der Waals surface area contributed by atoms with Crippen molar-refractivity contribution in [3.8, 4) is 0 Å². The van der Waals surface area contributed by atoms with Crippen molar-refractivity contribution < 1.29 is 4.39 Å². The van der Waals surface area contributed by atoms with Gasteiger partial charge in [-0.1, -0.05) is 39.8 Å². The van der Waals surface area contributed by atoms with Gasteiger partial charge in [0.15, 0.2) is 0 Å². The normalized spacial score (nSPS) is 11.8. The Kier molecular flexibility index (Phi) is 3.90. The Morgan fingerprint density at radius 2 is 1.87 bits per heavy atom. The minimum Gasteiger partial charge on any atom is -0.207 e. The van der Waals surface area contributed by atoms with Crippen LogP contribution in [0.15, 0.2) is 18.2 Å². The minimum absolute atomic E-state index is 0.0430. The number of hydrogen-bond donors (Lipinski definition) is 0. The van der Waals surface area contributed by atoms with Crippen LogP contribution < -0.4 is 0 Å². The van der Waals surface area contributed by atoms with E-state index in [0.29, 0.717) is 0 Å². The highest BCUT2D eigenvalue weighted by Gasteiger charge is 2.11. The zero-order valence-electron chi connectivity index (χ0n) is 10.2. The molecule has 84 valence electrons. The van der Waals surface area contributed by atoms with Crippen LogP contribution in [0.3, 0.4) is 0 Å². The van der Waals surface area contributed by atoms with E-state index < -0.39 is 0 Å². The molecule has 1 aromatic carbocycles. The standard InChI is InChI=1S/C14H21F/c1-5-11-6-7-12(13(15)10-11)8-9-14(2,3)4/h6-7,10H,5,8-9H2,1-4H3. The monoisotopic (exact) mass is 208 g/mol. The molecule has 0 aliphatic rings. The van der Waals surface area contributed by atoms with E-state index in [1.54, 1.807) is 6.07 Å². The Labute approximate surface area is 92.5 Å². The van der Waals surface area contributed by atoms with Crippen LogP contribution in [0, 0.1) is 11.2 Å². The maximum absolute atomic E-state index is 13.6. The fraction of sp³-hybridized carbons (Fsp3) is 0.571. The van der Waals surface area contributed by atoms with Crippen molar-refractivity contribution in [3.63, 3.8) is 0 Å². The molecule has 1 aromatic rings. The Bertz CT molecular complexity index is 321. The van der Waals surface area contributed by atoms with Crippen LogP contribution in [0.25, 0.3) is 0 Å². The number of hydrogen-bond acceptors (Lipinski definition) is 0. The number of halogens is 1. The highest BCUT2D eigenvalue weighted by atomic mass is 19.1. The van der Waals surface area contributed by atoms with Gasteiger partial charge in [0.25, 0.3) is 0 Å². The molecule has 0 N–H and O–H groups in total. The first kappa shape index (κ1) is 12.2. The average molecular weight is 208 g/mol. The van der Waals surface area contributed by atoms with Gasteiger partial charge in [0.05, 0.1) is 0 Å². The van der Waals surface area contributed by atoms with Gasteiger partial charge in [-0.3, -0.25) is 0 Å². The minimum atomic E-state index is -0.0430. The molecule has 0 saturated carbocycles. The Morgan fingerprint density at radius 3 is 2.33 bits per heavy atom. The molecule has 0 bridgehead atoms. The van der Waals surface area contributed by atoms with Crippen LogP contribution in [0.4, 0.5) is 4.39 Å². The van der Waals surface area contributed by atoms with Crippen molar-refractivity contribution >= 4 is 0 Å². The summed E-state index contributed by atoms with van der Waals surface area (Å²) in [5.74, 6) is -0.0430. The van der Waals surface area contributed by atoms with Crippen LogP contribution >= 0.6 is 0 Å². The zero-order valence-corrected chi connectivity index (χ0v) is 10.2. The number of rotatable bonds is 3. The summed E-state index contributed by atoms with van der Waals surface area (Å²) in [4.78, 5) is 0. The van der Waals surface area contributed by atoms with E-state index >= 15 is 0 Å². The molecule has 1 rings (SSSR count). The van der Waals surface area contributed by atoms with E-state index in [4.69, 9.17) is 0 Å². The summed E-state index contributed by atoms with van der Waals surface area (Å²) in [6.07, 6.45) is 2.76. The molecular formula is C14H21F. The molecule has 1 heteroatoms. The van der Waals surface area contributed by atoms with Gasteiger partial charge in [0.2, 0.25) is 0 Å². The Balaban J connectivity index is 2.70. The van der Waals surface area contributed by atoms with Gasteiger partial charge in [-0.2, -0.15) is 0 Å². The first-order valence-corrected chi connectivity index (χ1v) is 5.69. The first-order chi connectivity index (χ1) is 6.92. The quantitative estimate of drug-likeness (QED) is 0.692. The summed E-state index contributed by atoms with van der Waals surface area (Å²) in [7, 11) is 0. The van der Waals surface area contributed by atoms with Crippen LogP contribution in [-0.4, -0.2) is 0 Å². The van der Waals surface area contributed by atoms with Crippen molar-refractivity contribution in [2.45, 2.75) is 47.0 Å². The summed E-state index contributed by atoms with van der Waals surface area (Å²) in [6.45, 7) is 8.60. The molecule has 0 aromatic heterocycles. The highest BCUT2D eigenvalue weighted by Crippen LogP contribution is 2.22. The van der Waals surface area contributed by atoms with E-state index in [9.17, 15) is 4.39 Å². The van der Waals surface area contributed by atoms with Gasteiger partial charge in [0, 0.05) is 0 Å². The summed E-state index contributed by atoms with van der Waals surface area (Å²) in [5, 5.41) is 0. The largest absolute Gasteiger partial charge is 0.207 e. The van der Waals surface area contributed by atoms with E-state index in [1.807, 2.05) is 19.1 Å². The molecule has 0 fully saturated rings. The highest BCUT2D eigenvalue weighted by molar-refractivity contribution is 5.24. The molecular weight excluding hydrogens is 187 g/mol. The van der Waals surface area contributed by atoms with Gasteiger partial charge in [0.1, 0.15) is 5.82 Å². The van der Waals surface area contributed by atoms with E-state index in [-0.39, 0.29) is 11.2 Å². The van der Waals surface area contributed by atoms with Crippen LogP contribution in [-0.2, 0) is 12.8 Å². The van der Waals surface area contributed by atoms with Crippen LogP contribution in [0.5, 0.6) is 0 Å². The lowest BCUT2D eigenvalue weighted by Gasteiger charge is -2.18. The third-order valence-corrected chi connectivity index (χ3v) is 2.67. The summed E-state index contributed by atoms with van der Waals surface area (Å²) in [6, 6.07) is 5.62. The predicted octanol–water partition coefficient (Wildman–Crippen LogP) is 4.37. The topological polar surface area (TPSA) is 0 Å². The first-order valence-electron chi connectivity index (χ1n) is 5.69. The molecule has 0 aliphatic carbocycles. The van der Waals surface area contributed by atoms with Crippen molar-refractivity contribution in [3.05, 3.63) is 35.1 Å². The molecule has 0 saturated heterocycles. The maximum atomic E-state index is 13.6. The molecule has 0 nitrogen and oxygen atoms in total. The lowest BCUT2D eigenvalue weighted by molar-refractivity contribution is 0.375. The van der Waals surface area contributed by atoms with Crippen molar-refractivity contribution in [2.75, 3.05) is 0 Å². The maximum Gasteiger partial charge on any atom is 0.126 e. The van der Waals surface area contributed by atoms with Gasteiger partial charge in [-0.15, -0.1) is 0 Å². The molecule has 0 spiro atoms. The molecule has 0 aliphatic heterocycles. The predicted molar refractivity (Wildman–Crippen MR) is 63.6 cm³/mol. The number of aryl methyl sites for hydroxylation is 2. The Morgan fingerprint density at radius 1 is 1.20 bits per heavy atom. The van der Waals surface area contributed by atoms with Crippen LogP contribution in [0.2, 0.25) is 0 Å². The number of benzene rings is 1. The average Bonchev–Trinajstić information content (AvgIpc) is 2.14. The summed E-state index contributed by atoms with van der Waals surface area (Å²) in [5.41, 5.74) is 2.20. The summed E-state index contributed by atoms with van der Waals surface area (Å²) >= 11 is 0. The smallest absolute Gasteiger partial charge is 0.126 e. The van der Waals surface area contributed by atoms with E-state index in [2.05, 4.69) is 20.8 Å². The molecule has 15 heavy (non-hydrogen) atoms. The lowest BCUT2D eigenvalue weighted by Crippen LogP contribution is -2.07. The summed E-state index contributed by atoms with van der Waals surface area (Å²) < 4.78 is 13.6. The second-order valence-corrected chi connectivity index (χ2v) is 5.34. The molecule has 0 radical (unpaired) electrons. The fourth-order valence-electron chi connectivity index (χ4n) is 1.52. The molecule has 0 unspecified atom stereocenters. The molecule has 0 atom stereocenters. The van der Waals surface area contributed by atoms with Crippen LogP contribution in [0.1, 0.15) is 45.2 Å². The zero-order chi connectivity index (χ0) is 11.5. The second-order valence-electron chi connectivity index (χ2n) is 5.34. The Hall–Kier alpha value is -0.850. The SMILES string of the molecule is CCc1ccc(CCC(C)(C)C)c(F)c1. The third-order valence-electron chi connectivity index (χ3n) is 2.67. The molecule has 0 heterocycles. The third kappa shape index (κ3) is 4.03. The van der Waals surface area contributed by atoms with E-state index in [1.165, 1.54) is 0 Å². The van der Waals surface area contributed by atoms with E-state index in [0.717, 1.165) is 30.4 Å². The van der Waals surface area contributed by atoms with Crippen molar-refractivity contribution in [2.24, 2.45) is 5.41 Å².